The van der Waals surface area contributed by atoms with Gasteiger partial charge in [-0.3, -0.25) is 4.79 Å². The van der Waals surface area contributed by atoms with E-state index >= 15 is 0 Å². The van der Waals surface area contributed by atoms with Gasteiger partial charge in [0.05, 0.1) is 23.2 Å². The fourth-order valence-corrected chi connectivity index (χ4v) is 1.95. The molecule has 0 aliphatic heterocycles. The van der Waals surface area contributed by atoms with Crippen molar-refractivity contribution in [1.82, 2.24) is 15.4 Å². The molecule has 0 radical (unpaired) electrons. The van der Waals surface area contributed by atoms with Crippen molar-refractivity contribution in [2.24, 2.45) is 0 Å². The predicted octanol–water partition coefficient (Wildman–Crippen LogP) is 2.82. The monoisotopic (exact) mass is 277 g/mol. The summed E-state index contributed by atoms with van der Waals surface area (Å²) in [5.41, 5.74) is 1.31. The van der Waals surface area contributed by atoms with Crippen LogP contribution in [0.2, 0.25) is 0 Å². The van der Waals surface area contributed by atoms with Gasteiger partial charge in [-0.05, 0) is 35.5 Å². The molecular formula is C16H11N3O2. The van der Waals surface area contributed by atoms with E-state index in [1.807, 2.05) is 36.4 Å². The van der Waals surface area contributed by atoms with Crippen molar-refractivity contribution < 1.29 is 4.42 Å². The molecule has 0 saturated carbocycles. The van der Waals surface area contributed by atoms with Crippen molar-refractivity contribution in [2.45, 2.75) is 0 Å². The Hall–Kier alpha value is -3.08. The molecule has 4 rings (SSSR count). The number of nitrogens with zero attached hydrogens (tertiary/aromatic N) is 3. The first-order valence-electron chi connectivity index (χ1n) is 6.35. The van der Waals surface area contributed by atoms with Crippen molar-refractivity contribution in [2.75, 3.05) is 0 Å². The van der Waals surface area contributed by atoms with Crippen LogP contribution in [0.25, 0.3) is 21.9 Å². The van der Waals surface area contributed by atoms with Crippen LogP contribution in [-0.2, 0) is 0 Å². The fraction of sp³-hybridized carbons (Fsp3) is 0. The zero-order chi connectivity index (χ0) is 14.5. The van der Waals surface area contributed by atoms with Gasteiger partial charge in [0.2, 0.25) is 5.43 Å². The van der Waals surface area contributed by atoms with E-state index in [1.54, 1.807) is 30.6 Å². The number of aromatic nitrogens is 3. The molecule has 0 fully saturated rings. The van der Waals surface area contributed by atoms with Crippen LogP contribution in [0.1, 0.15) is 0 Å². The summed E-state index contributed by atoms with van der Waals surface area (Å²) in [6.07, 6.45) is 3.15. The summed E-state index contributed by atoms with van der Waals surface area (Å²) in [6.45, 7) is 0. The van der Waals surface area contributed by atoms with Crippen LogP contribution in [0, 0.1) is 0 Å². The second-order valence-corrected chi connectivity index (χ2v) is 4.23. The highest BCUT2D eigenvalue weighted by molar-refractivity contribution is 5.89. The van der Waals surface area contributed by atoms with Crippen molar-refractivity contribution in [3.63, 3.8) is 0 Å². The van der Waals surface area contributed by atoms with Crippen molar-refractivity contribution in [1.29, 1.82) is 0 Å². The summed E-state index contributed by atoms with van der Waals surface area (Å²) in [4.78, 5) is 12.0. The molecule has 21 heavy (non-hydrogen) atoms. The molecule has 0 bridgehead atoms. The zero-order valence-corrected chi connectivity index (χ0v) is 11.0. The normalized spacial score (nSPS) is 10.1. The Labute approximate surface area is 119 Å². The smallest absolute Gasteiger partial charge is 0.200 e. The molecule has 0 aliphatic carbocycles. The summed E-state index contributed by atoms with van der Waals surface area (Å²) in [7, 11) is 0. The molecule has 5 heteroatoms. The quantitative estimate of drug-likeness (QED) is 0.462. The van der Waals surface area contributed by atoms with Crippen LogP contribution < -0.4 is 5.43 Å². The van der Waals surface area contributed by atoms with Crippen LogP contribution in [0.4, 0.5) is 0 Å². The molecule has 2 heterocycles. The van der Waals surface area contributed by atoms with Gasteiger partial charge < -0.3 is 4.42 Å². The van der Waals surface area contributed by atoms with E-state index in [0.29, 0.717) is 21.9 Å². The van der Waals surface area contributed by atoms with Crippen LogP contribution in [-0.4, -0.2) is 15.4 Å². The highest BCUT2D eigenvalue weighted by atomic mass is 16.3. The van der Waals surface area contributed by atoms with Crippen molar-refractivity contribution >= 4 is 21.9 Å². The van der Waals surface area contributed by atoms with Gasteiger partial charge in [-0.2, -0.15) is 0 Å². The molecule has 0 spiro atoms. The minimum absolute atomic E-state index is 0.0347. The molecule has 0 atom stereocenters. The SMILES string of the molecule is O=c1c2ccccc2oc2ccccc12.c1cnnnc1. The topological polar surface area (TPSA) is 68.9 Å². The Morgan fingerprint density at radius 2 is 1.24 bits per heavy atom. The second-order valence-electron chi connectivity index (χ2n) is 4.23. The number of benzene rings is 2. The maximum Gasteiger partial charge on any atom is 0.200 e. The summed E-state index contributed by atoms with van der Waals surface area (Å²) >= 11 is 0. The van der Waals surface area contributed by atoms with E-state index in [4.69, 9.17) is 4.42 Å². The molecule has 2 aromatic heterocycles. The Morgan fingerprint density at radius 1 is 0.714 bits per heavy atom. The van der Waals surface area contributed by atoms with Crippen LogP contribution in [0.3, 0.4) is 0 Å². The maximum atomic E-state index is 12.0. The van der Waals surface area contributed by atoms with Crippen LogP contribution in [0.15, 0.2) is 76.2 Å². The average Bonchev–Trinajstić information content (AvgIpc) is 2.57. The second kappa shape index (κ2) is 5.92. The van der Waals surface area contributed by atoms with Gasteiger partial charge in [-0.1, -0.05) is 24.3 Å². The van der Waals surface area contributed by atoms with E-state index < -0.39 is 0 Å². The third-order valence-electron chi connectivity index (χ3n) is 2.89. The molecule has 0 N–H and O–H groups in total. The molecule has 2 aromatic carbocycles. The first kappa shape index (κ1) is 12.9. The third kappa shape index (κ3) is 2.76. The van der Waals surface area contributed by atoms with Gasteiger partial charge in [-0.15, -0.1) is 10.2 Å². The Morgan fingerprint density at radius 3 is 1.67 bits per heavy atom. The standard InChI is InChI=1S/C13H8O2.C3H3N3/c14-13-9-5-1-3-7-11(9)15-12-8-4-2-6-10(12)13;1-2-4-6-5-3-1/h1-8H;1-3H. The van der Waals surface area contributed by atoms with Gasteiger partial charge in [0, 0.05) is 0 Å². The molecular weight excluding hydrogens is 266 g/mol. The van der Waals surface area contributed by atoms with Crippen LogP contribution >= 0.6 is 0 Å². The Kier molecular flexibility index (Phi) is 3.64. The lowest BCUT2D eigenvalue weighted by Gasteiger charge is -1.99. The number of hydrogen-bond donors (Lipinski definition) is 0. The first-order chi connectivity index (χ1) is 10.4. The van der Waals surface area contributed by atoms with E-state index in [0.717, 1.165) is 0 Å². The van der Waals surface area contributed by atoms with Gasteiger partial charge in [0.15, 0.2) is 0 Å². The molecule has 5 nitrogen and oxygen atoms in total. The van der Waals surface area contributed by atoms with E-state index in [1.165, 1.54) is 0 Å². The molecule has 102 valence electrons. The highest BCUT2D eigenvalue weighted by Gasteiger charge is 2.04. The zero-order valence-electron chi connectivity index (χ0n) is 11.0. The average molecular weight is 277 g/mol. The fourth-order valence-electron chi connectivity index (χ4n) is 1.95. The molecule has 0 saturated heterocycles. The molecule has 0 unspecified atom stereocenters. The summed E-state index contributed by atoms with van der Waals surface area (Å²) in [6, 6.07) is 16.3. The van der Waals surface area contributed by atoms with Gasteiger partial charge in [0.1, 0.15) is 11.2 Å². The van der Waals surface area contributed by atoms with Crippen LogP contribution in [0.5, 0.6) is 0 Å². The maximum absolute atomic E-state index is 12.0. The number of para-hydroxylation sites is 2. The largest absolute Gasteiger partial charge is 0.456 e. The minimum atomic E-state index is 0.0347. The summed E-state index contributed by atoms with van der Waals surface area (Å²) < 4.78 is 5.63. The number of rotatable bonds is 0. The van der Waals surface area contributed by atoms with Crippen molar-refractivity contribution in [3.05, 3.63) is 77.2 Å². The van der Waals surface area contributed by atoms with Gasteiger partial charge in [-0.25, -0.2) is 0 Å². The Bertz CT molecular complexity index is 837. The summed E-state index contributed by atoms with van der Waals surface area (Å²) in [5, 5.41) is 11.4. The minimum Gasteiger partial charge on any atom is -0.456 e. The van der Waals surface area contributed by atoms with Gasteiger partial charge >= 0.3 is 0 Å². The third-order valence-corrected chi connectivity index (χ3v) is 2.89. The van der Waals surface area contributed by atoms with E-state index in [-0.39, 0.29) is 5.43 Å². The van der Waals surface area contributed by atoms with Crippen molar-refractivity contribution in [3.8, 4) is 0 Å². The lowest BCUT2D eigenvalue weighted by molar-refractivity contribution is 0.660. The Balaban J connectivity index is 0.000000186. The number of fused-ring (bicyclic) bond motifs is 2. The van der Waals surface area contributed by atoms with E-state index in [9.17, 15) is 4.79 Å². The highest BCUT2D eigenvalue weighted by Crippen LogP contribution is 2.17. The first-order valence-corrected chi connectivity index (χ1v) is 6.35. The molecule has 0 aliphatic rings. The lowest BCUT2D eigenvalue weighted by Crippen LogP contribution is -2.01. The number of hydrogen-bond acceptors (Lipinski definition) is 5. The molecule has 4 aromatic rings. The lowest BCUT2D eigenvalue weighted by atomic mass is 10.1. The van der Waals surface area contributed by atoms with E-state index in [2.05, 4.69) is 15.4 Å². The predicted molar refractivity (Wildman–Crippen MR) is 79.8 cm³/mol. The summed E-state index contributed by atoms with van der Waals surface area (Å²) in [5.74, 6) is 0. The van der Waals surface area contributed by atoms with Gasteiger partial charge in [0.25, 0.3) is 0 Å². The molecule has 0 amide bonds.